The van der Waals surface area contributed by atoms with E-state index < -0.39 is 0 Å². The lowest BCUT2D eigenvalue weighted by atomic mass is 10.0. The topological polar surface area (TPSA) is 69.3 Å². The number of carbonyl (C=O) groups is 1. The van der Waals surface area contributed by atoms with Gasteiger partial charge < -0.3 is 4.90 Å². The Kier molecular flexibility index (Phi) is 6.84. The van der Waals surface area contributed by atoms with Crippen molar-refractivity contribution in [3.05, 3.63) is 31.9 Å². The SMILES string of the molecule is CCCN1C(=O)/C(=C/c2c(C)c(C#N)c(=O)n(C)c2N(CC)CC)SC1=S. The van der Waals surface area contributed by atoms with Gasteiger partial charge in [-0.1, -0.05) is 30.9 Å². The summed E-state index contributed by atoms with van der Waals surface area (Å²) in [6.45, 7) is 9.75. The van der Waals surface area contributed by atoms with Crippen LogP contribution in [0.2, 0.25) is 0 Å². The number of anilines is 1. The predicted molar refractivity (Wildman–Crippen MR) is 115 cm³/mol. The van der Waals surface area contributed by atoms with Gasteiger partial charge in [0.2, 0.25) is 0 Å². The number of pyridine rings is 1. The van der Waals surface area contributed by atoms with E-state index in [0.717, 1.165) is 6.42 Å². The lowest BCUT2D eigenvalue weighted by Gasteiger charge is -2.27. The molecule has 1 aromatic heterocycles. The van der Waals surface area contributed by atoms with E-state index in [0.29, 0.717) is 45.8 Å². The van der Waals surface area contributed by atoms with Crippen molar-refractivity contribution in [2.75, 3.05) is 24.5 Å². The minimum Gasteiger partial charge on any atom is -0.358 e. The van der Waals surface area contributed by atoms with E-state index >= 15 is 0 Å². The maximum absolute atomic E-state index is 12.8. The summed E-state index contributed by atoms with van der Waals surface area (Å²) in [5.41, 5.74) is 1.08. The van der Waals surface area contributed by atoms with Crippen LogP contribution >= 0.6 is 24.0 Å². The van der Waals surface area contributed by atoms with Crippen LogP contribution in [-0.2, 0) is 11.8 Å². The largest absolute Gasteiger partial charge is 0.358 e. The molecule has 1 aromatic rings. The number of hydrogen-bond donors (Lipinski definition) is 0. The molecule has 8 heteroatoms. The lowest BCUT2D eigenvalue weighted by molar-refractivity contribution is -0.122. The van der Waals surface area contributed by atoms with Crippen molar-refractivity contribution in [2.45, 2.75) is 34.1 Å². The Morgan fingerprint density at radius 2 is 1.89 bits per heavy atom. The van der Waals surface area contributed by atoms with Crippen LogP contribution in [0.1, 0.15) is 43.9 Å². The Labute approximate surface area is 169 Å². The number of aromatic nitrogens is 1. The molecular weight excluding hydrogens is 380 g/mol. The van der Waals surface area contributed by atoms with Gasteiger partial charge in [-0.25, -0.2) is 0 Å². The molecule has 2 heterocycles. The Morgan fingerprint density at radius 1 is 1.26 bits per heavy atom. The maximum Gasteiger partial charge on any atom is 0.270 e. The molecule has 1 aliphatic rings. The first kappa shape index (κ1) is 21.2. The van der Waals surface area contributed by atoms with Gasteiger partial charge in [-0.15, -0.1) is 0 Å². The molecular formula is C19H24N4O2S2. The Hall–Kier alpha value is -2.11. The highest BCUT2D eigenvalue weighted by atomic mass is 32.2. The molecule has 144 valence electrons. The van der Waals surface area contributed by atoms with Crippen LogP contribution < -0.4 is 10.5 Å². The number of hydrogen-bond acceptors (Lipinski definition) is 6. The summed E-state index contributed by atoms with van der Waals surface area (Å²) in [5, 5.41) is 9.46. The average Bonchev–Trinajstić information content (AvgIpc) is 2.91. The molecule has 2 rings (SSSR count). The van der Waals surface area contributed by atoms with Crippen LogP contribution in [0.4, 0.5) is 5.82 Å². The molecule has 0 bridgehead atoms. The number of rotatable bonds is 6. The van der Waals surface area contributed by atoms with Crippen LogP contribution in [0.3, 0.4) is 0 Å². The number of thioether (sulfide) groups is 1. The second-order valence-corrected chi connectivity index (χ2v) is 7.89. The predicted octanol–water partition coefficient (Wildman–Crippen LogP) is 3.02. The van der Waals surface area contributed by atoms with E-state index in [9.17, 15) is 14.9 Å². The summed E-state index contributed by atoms with van der Waals surface area (Å²) in [6, 6.07) is 2.01. The van der Waals surface area contributed by atoms with Crippen LogP contribution in [0, 0.1) is 18.3 Å². The van der Waals surface area contributed by atoms with E-state index in [1.54, 1.807) is 24.9 Å². The maximum atomic E-state index is 12.8. The number of thiocarbonyl (C=S) groups is 1. The molecule has 1 saturated heterocycles. The third-order valence-electron chi connectivity index (χ3n) is 4.63. The quantitative estimate of drug-likeness (QED) is 0.536. The molecule has 1 fully saturated rings. The highest BCUT2D eigenvalue weighted by molar-refractivity contribution is 8.26. The zero-order valence-corrected chi connectivity index (χ0v) is 18.0. The summed E-state index contributed by atoms with van der Waals surface area (Å²) in [4.78, 5) is 29.5. The molecule has 0 aromatic carbocycles. The molecule has 0 aliphatic carbocycles. The van der Waals surface area contributed by atoms with Gasteiger partial charge in [0.25, 0.3) is 11.5 Å². The second-order valence-electron chi connectivity index (χ2n) is 6.22. The van der Waals surface area contributed by atoms with Crippen LogP contribution in [0.25, 0.3) is 6.08 Å². The lowest BCUT2D eigenvalue weighted by Crippen LogP contribution is -2.33. The first-order chi connectivity index (χ1) is 12.8. The van der Waals surface area contributed by atoms with E-state index in [4.69, 9.17) is 12.2 Å². The minimum absolute atomic E-state index is 0.101. The van der Waals surface area contributed by atoms with Crippen LogP contribution in [0.15, 0.2) is 9.70 Å². The Bertz CT molecular complexity index is 908. The zero-order chi connectivity index (χ0) is 20.3. The van der Waals surface area contributed by atoms with Crippen molar-refractivity contribution in [3.8, 4) is 6.07 Å². The fraction of sp³-hybridized carbons (Fsp3) is 0.474. The van der Waals surface area contributed by atoms with Gasteiger partial charge in [0, 0.05) is 32.2 Å². The summed E-state index contributed by atoms with van der Waals surface area (Å²) < 4.78 is 2.04. The van der Waals surface area contributed by atoms with Gasteiger partial charge in [0.1, 0.15) is 21.8 Å². The Morgan fingerprint density at radius 3 is 2.41 bits per heavy atom. The fourth-order valence-corrected chi connectivity index (χ4v) is 4.46. The van der Waals surface area contributed by atoms with E-state index in [1.807, 2.05) is 31.7 Å². The zero-order valence-electron chi connectivity index (χ0n) is 16.3. The molecule has 0 spiro atoms. The standard InChI is InChI=1S/C19H24N4O2S2/c1-6-9-23-18(25)15(27-19(23)26)10-13-12(4)14(11-20)17(24)21(5)16(13)22(7-2)8-3/h10H,6-9H2,1-5H3/b15-10-. The van der Waals surface area contributed by atoms with Gasteiger partial charge in [-0.2, -0.15) is 5.26 Å². The molecule has 1 amide bonds. The van der Waals surface area contributed by atoms with Crippen molar-refractivity contribution >= 4 is 46.1 Å². The Balaban J connectivity index is 2.74. The van der Waals surface area contributed by atoms with E-state index in [-0.39, 0.29) is 17.0 Å². The van der Waals surface area contributed by atoms with Gasteiger partial charge in [0.05, 0.1) is 4.91 Å². The molecule has 0 saturated carbocycles. The van der Waals surface area contributed by atoms with Crippen LogP contribution in [-0.4, -0.2) is 39.3 Å². The highest BCUT2D eigenvalue weighted by Crippen LogP contribution is 2.35. The van der Waals surface area contributed by atoms with Gasteiger partial charge >= 0.3 is 0 Å². The van der Waals surface area contributed by atoms with Crippen LogP contribution in [0.5, 0.6) is 0 Å². The average molecular weight is 405 g/mol. The summed E-state index contributed by atoms with van der Waals surface area (Å²) in [7, 11) is 1.66. The van der Waals surface area contributed by atoms with Crippen molar-refractivity contribution in [1.82, 2.24) is 9.47 Å². The van der Waals surface area contributed by atoms with Gasteiger partial charge in [-0.3, -0.25) is 19.1 Å². The second kappa shape index (κ2) is 8.72. The molecule has 0 atom stereocenters. The first-order valence-electron chi connectivity index (χ1n) is 8.96. The van der Waals surface area contributed by atoms with Crippen molar-refractivity contribution in [1.29, 1.82) is 5.26 Å². The van der Waals surface area contributed by atoms with Gasteiger partial charge in [-0.05, 0) is 38.8 Å². The van der Waals surface area contributed by atoms with Crippen molar-refractivity contribution in [3.63, 3.8) is 0 Å². The number of carbonyl (C=O) groups excluding carboxylic acids is 1. The molecule has 1 aliphatic heterocycles. The van der Waals surface area contributed by atoms with Gasteiger partial charge in [0.15, 0.2) is 0 Å². The fourth-order valence-electron chi connectivity index (χ4n) is 3.16. The molecule has 6 nitrogen and oxygen atoms in total. The number of nitriles is 1. The smallest absolute Gasteiger partial charge is 0.270 e. The molecule has 0 radical (unpaired) electrons. The minimum atomic E-state index is -0.326. The highest BCUT2D eigenvalue weighted by Gasteiger charge is 2.32. The number of nitrogens with zero attached hydrogens (tertiary/aromatic N) is 4. The third kappa shape index (κ3) is 3.80. The molecule has 0 unspecified atom stereocenters. The van der Waals surface area contributed by atoms with Crippen molar-refractivity contribution < 1.29 is 4.79 Å². The van der Waals surface area contributed by atoms with E-state index in [2.05, 4.69) is 0 Å². The molecule has 0 N–H and O–H groups in total. The van der Waals surface area contributed by atoms with Crippen molar-refractivity contribution in [2.24, 2.45) is 7.05 Å². The molecule has 27 heavy (non-hydrogen) atoms. The monoisotopic (exact) mass is 404 g/mol. The first-order valence-corrected chi connectivity index (χ1v) is 10.2. The normalized spacial score (nSPS) is 15.6. The van der Waals surface area contributed by atoms with E-state index in [1.165, 1.54) is 16.3 Å². The third-order valence-corrected chi connectivity index (χ3v) is 6.00. The summed E-state index contributed by atoms with van der Waals surface area (Å²) in [5.74, 6) is 0.589. The summed E-state index contributed by atoms with van der Waals surface area (Å²) >= 11 is 6.61. The summed E-state index contributed by atoms with van der Waals surface area (Å²) in [6.07, 6.45) is 2.60. The number of amides is 1.